The lowest BCUT2D eigenvalue weighted by Crippen LogP contribution is -2.14. The maximum atomic E-state index is 14.3. The number of hydrogen-bond donors (Lipinski definition) is 0. The van der Waals surface area contributed by atoms with E-state index in [9.17, 15) is 19.2 Å². The van der Waals surface area contributed by atoms with Crippen molar-refractivity contribution in [3.63, 3.8) is 0 Å². The molecular formula is C27H28FNO5. The third kappa shape index (κ3) is 6.02. The van der Waals surface area contributed by atoms with E-state index in [-0.39, 0.29) is 11.7 Å². The largest absolute Gasteiger partial charge is 0.463 e. The summed E-state index contributed by atoms with van der Waals surface area (Å²) in [6, 6.07) is 14.5. The number of allylic oxidation sites excluding steroid dienone is 1. The number of ether oxygens (including phenoxy) is 3. The number of nitriles is 1. The SMILES string of the molecule is CCCCOC(=O)/C=C\[C@H]1[C@@H](C(=O)O[C@H](C#N)c2ccc(F)c(Oc3ccccc3)c2)C1(C)C. The summed E-state index contributed by atoms with van der Waals surface area (Å²) >= 11 is 0. The number of rotatable bonds is 10. The molecule has 0 saturated heterocycles. The Kier molecular flexibility index (Phi) is 8.06. The summed E-state index contributed by atoms with van der Waals surface area (Å²) in [4.78, 5) is 24.7. The quantitative estimate of drug-likeness (QED) is 0.247. The summed E-state index contributed by atoms with van der Waals surface area (Å²) in [7, 11) is 0. The number of para-hydroxylation sites is 1. The van der Waals surface area contributed by atoms with Gasteiger partial charge in [-0.15, -0.1) is 0 Å². The van der Waals surface area contributed by atoms with Crippen molar-refractivity contribution < 1.29 is 28.2 Å². The highest BCUT2D eigenvalue weighted by atomic mass is 19.1. The van der Waals surface area contributed by atoms with Crippen molar-refractivity contribution in [2.45, 2.75) is 39.7 Å². The van der Waals surface area contributed by atoms with Crippen molar-refractivity contribution in [2.75, 3.05) is 6.61 Å². The third-order valence-corrected chi connectivity index (χ3v) is 5.93. The van der Waals surface area contributed by atoms with E-state index in [1.165, 1.54) is 24.3 Å². The summed E-state index contributed by atoms with van der Waals surface area (Å²) in [6.07, 6.45) is 3.48. The van der Waals surface area contributed by atoms with Crippen LogP contribution in [0.4, 0.5) is 4.39 Å². The zero-order valence-corrected chi connectivity index (χ0v) is 19.5. The number of nitrogens with zero attached hydrogens (tertiary/aromatic N) is 1. The Morgan fingerprint density at radius 2 is 1.94 bits per heavy atom. The van der Waals surface area contributed by atoms with E-state index >= 15 is 0 Å². The maximum Gasteiger partial charge on any atom is 0.330 e. The molecule has 0 N–H and O–H groups in total. The summed E-state index contributed by atoms with van der Waals surface area (Å²) < 4.78 is 30.4. The van der Waals surface area contributed by atoms with Gasteiger partial charge in [-0.05, 0) is 42.0 Å². The minimum absolute atomic E-state index is 0.0749. The van der Waals surface area contributed by atoms with Gasteiger partial charge in [0.1, 0.15) is 11.8 Å². The van der Waals surface area contributed by atoms with Gasteiger partial charge in [-0.25, -0.2) is 9.18 Å². The minimum atomic E-state index is -1.23. The fourth-order valence-corrected chi connectivity index (χ4v) is 3.77. The normalized spacial score (nSPS) is 19.1. The van der Waals surface area contributed by atoms with Crippen molar-refractivity contribution >= 4 is 11.9 Å². The molecule has 1 saturated carbocycles. The molecule has 1 aliphatic rings. The highest BCUT2D eigenvalue weighted by molar-refractivity contribution is 5.83. The van der Waals surface area contributed by atoms with Crippen LogP contribution in [-0.4, -0.2) is 18.5 Å². The van der Waals surface area contributed by atoms with E-state index in [2.05, 4.69) is 0 Å². The topological polar surface area (TPSA) is 85.6 Å². The second kappa shape index (κ2) is 11.0. The highest BCUT2D eigenvalue weighted by Gasteiger charge is 2.61. The molecule has 0 amide bonds. The standard InChI is InChI=1S/C27H28FNO5/c1-4-5-15-32-24(30)14-12-20-25(27(20,2)3)26(31)34-23(17-29)18-11-13-21(28)22(16-18)33-19-9-7-6-8-10-19/h6-14,16,20,23,25H,4-5,15H2,1-3H3/b14-12-/t20-,23+,25-/m0/s1. The van der Waals surface area contributed by atoms with Crippen LogP contribution in [0.15, 0.2) is 60.7 Å². The summed E-state index contributed by atoms with van der Waals surface area (Å²) in [5, 5.41) is 9.62. The monoisotopic (exact) mass is 465 g/mol. The maximum absolute atomic E-state index is 14.3. The molecule has 1 fully saturated rings. The van der Waals surface area contributed by atoms with Crippen molar-refractivity contribution in [1.29, 1.82) is 5.26 Å². The van der Waals surface area contributed by atoms with E-state index in [1.807, 2.05) is 32.9 Å². The molecular weight excluding hydrogens is 437 g/mol. The number of hydrogen-bond acceptors (Lipinski definition) is 6. The fourth-order valence-electron chi connectivity index (χ4n) is 3.77. The second-order valence-electron chi connectivity index (χ2n) is 8.76. The molecule has 34 heavy (non-hydrogen) atoms. The van der Waals surface area contributed by atoms with Crippen LogP contribution in [-0.2, 0) is 19.1 Å². The van der Waals surface area contributed by atoms with Crippen LogP contribution in [0.3, 0.4) is 0 Å². The molecule has 1 aliphatic carbocycles. The molecule has 3 atom stereocenters. The Bertz CT molecular complexity index is 1090. The van der Waals surface area contributed by atoms with E-state index < -0.39 is 35.2 Å². The molecule has 0 radical (unpaired) electrons. The van der Waals surface area contributed by atoms with Crippen LogP contribution < -0.4 is 4.74 Å². The van der Waals surface area contributed by atoms with Crippen molar-refractivity contribution in [3.05, 3.63) is 72.1 Å². The number of carbonyl (C=O) groups excluding carboxylic acids is 2. The number of carbonyl (C=O) groups is 2. The van der Waals surface area contributed by atoms with Crippen LogP contribution in [0.5, 0.6) is 11.5 Å². The average molecular weight is 466 g/mol. The van der Waals surface area contributed by atoms with Gasteiger partial charge >= 0.3 is 11.9 Å². The van der Waals surface area contributed by atoms with Crippen molar-refractivity contribution in [3.8, 4) is 17.6 Å². The van der Waals surface area contributed by atoms with Gasteiger partial charge in [0.2, 0.25) is 6.10 Å². The summed E-state index contributed by atoms with van der Waals surface area (Å²) in [6.45, 7) is 6.14. The Morgan fingerprint density at radius 1 is 1.21 bits per heavy atom. The Labute approximate surface area is 198 Å². The zero-order valence-electron chi connectivity index (χ0n) is 19.5. The van der Waals surface area contributed by atoms with Gasteiger partial charge in [0, 0.05) is 11.6 Å². The molecule has 7 heteroatoms. The Morgan fingerprint density at radius 3 is 2.62 bits per heavy atom. The van der Waals surface area contributed by atoms with Crippen LogP contribution in [0, 0.1) is 34.4 Å². The van der Waals surface area contributed by atoms with Crippen molar-refractivity contribution in [1.82, 2.24) is 0 Å². The van der Waals surface area contributed by atoms with E-state index in [1.54, 1.807) is 30.3 Å². The molecule has 2 aromatic carbocycles. The van der Waals surface area contributed by atoms with Gasteiger partial charge < -0.3 is 14.2 Å². The van der Waals surface area contributed by atoms with Gasteiger partial charge in [0.05, 0.1) is 12.5 Å². The summed E-state index contributed by atoms with van der Waals surface area (Å²) in [5.74, 6) is -1.97. The van der Waals surface area contributed by atoms with Crippen LogP contribution in [0.2, 0.25) is 0 Å². The first kappa shape index (κ1) is 25.0. The number of esters is 2. The van der Waals surface area contributed by atoms with E-state index in [0.717, 1.165) is 12.8 Å². The Hall–Kier alpha value is -3.66. The summed E-state index contributed by atoms with van der Waals surface area (Å²) in [5.41, 5.74) is -0.130. The molecule has 2 aromatic rings. The van der Waals surface area contributed by atoms with Crippen molar-refractivity contribution in [2.24, 2.45) is 17.3 Å². The average Bonchev–Trinajstić information content (AvgIpc) is 3.38. The lowest BCUT2D eigenvalue weighted by Gasteiger charge is -2.14. The molecule has 0 unspecified atom stereocenters. The van der Waals surface area contributed by atoms with Crippen LogP contribution in [0.25, 0.3) is 0 Å². The molecule has 0 bridgehead atoms. The zero-order chi connectivity index (χ0) is 24.7. The van der Waals surface area contributed by atoms with Gasteiger partial charge in [-0.3, -0.25) is 4.79 Å². The fraction of sp³-hybridized carbons (Fsp3) is 0.370. The van der Waals surface area contributed by atoms with Crippen LogP contribution in [0.1, 0.15) is 45.3 Å². The first-order chi connectivity index (χ1) is 16.3. The lowest BCUT2D eigenvalue weighted by atomic mass is 10.1. The third-order valence-electron chi connectivity index (χ3n) is 5.93. The number of unbranched alkanes of at least 4 members (excludes halogenated alkanes) is 1. The van der Waals surface area contributed by atoms with Gasteiger partial charge in [-0.1, -0.05) is 57.5 Å². The minimum Gasteiger partial charge on any atom is -0.463 e. The highest BCUT2D eigenvalue weighted by Crippen LogP contribution is 2.59. The molecule has 3 rings (SSSR count). The first-order valence-corrected chi connectivity index (χ1v) is 11.2. The predicted octanol–water partition coefficient (Wildman–Crippen LogP) is 5.90. The lowest BCUT2D eigenvalue weighted by molar-refractivity contribution is -0.149. The van der Waals surface area contributed by atoms with E-state index in [0.29, 0.717) is 17.9 Å². The molecule has 178 valence electrons. The molecule has 0 aliphatic heterocycles. The molecule has 0 heterocycles. The number of benzene rings is 2. The predicted molar refractivity (Wildman–Crippen MR) is 123 cm³/mol. The van der Waals surface area contributed by atoms with Gasteiger partial charge in [0.15, 0.2) is 11.6 Å². The first-order valence-electron chi connectivity index (χ1n) is 11.2. The second-order valence-corrected chi connectivity index (χ2v) is 8.76. The Balaban J connectivity index is 1.66. The molecule has 0 aromatic heterocycles. The smallest absolute Gasteiger partial charge is 0.330 e. The number of halogens is 1. The van der Waals surface area contributed by atoms with Crippen LogP contribution >= 0.6 is 0 Å². The molecule has 6 nitrogen and oxygen atoms in total. The van der Waals surface area contributed by atoms with Gasteiger partial charge in [-0.2, -0.15) is 5.26 Å². The van der Waals surface area contributed by atoms with Gasteiger partial charge in [0.25, 0.3) is 0 Å². The van der Waals surface area contributed by atoms with E-state index in [4.69, 9.17) is 14.2 Å². The molecule has 0 spiro atoms.